The summed E-state index contributed by atoms with van der Waals surface area (Å²) in [5, 5.41) is 19.8. The zero-order valence-electron chi connectivity index (χ0n) is 12.8. The first-order chi connectivity index (χ1) is 9.97. The molecule has 0 aliphatic carbocycles. The molecule has 0 fully saturated rings. The molecular weight excluding hydrogens is 297 g/mol. The van der Waals surface area contributed by atoms with Crippen LogP contribution in [0.4, 0.5) is 0 Å². The van der Waals surface area contributed by atoms with Crippen LogP contribution in [-0.4, -0.2) is 63.7 Å². The second-order valence-electron chi connectivity index (χ2n) is 5.26. The molecule has 1 amide bonds. The van der Waals surface area contributed by atoms with Crippen molar-refractivity contribution in [3.05, 3.63) is 0 Å². The molecular formula is C15H28NNaO5. The van der Waals surface area contributed by atoms with Crippen LogP contribution in [0.1, 0.15) is 71.1 Å². The monoisotopic (exact) mass is 325 g/mol. The predicted octanol–water partition coefficient (Wildman–Crippen LogP) is 1.91. The van der Waals surface area contributed by atoms with E-state index in [1.54, 1.807) is 0 Å². The van der Waals surface area contributed by atoms with Crippen LogP contribution >= 0.6 is 0 Å². The van der Waals surface area contributed by atoms with Gasteiger partial charge in [-0.3, -0.25) is 9.59 Å². The van der Waals surface area contributed by atoms with Gasteiger partial charge in [-0.1, -0.05) is 45.4 Å². The number of hydrogen-bond acceptors (Lipinski definition) is 3. The van der Waals surface area contributed by atoms with Crippen molar-refractivity contribution in [3.63, 3.8) is 0 Å². The summed E-state index contributed by atoms with van der Waals surface area (Å²) in [7, 11) is 0. The Labute approximate surface area is 154 Å². The summed E-state index contributed by atoms with van der Waals surface area (Å²) in [5.41, 5.74) is 0. The molecule has 0 rings (SSSR count). The number of carboxylic acids is 2. The molecule has 0 aliphatic heterocycles. The SMILES string of the molecule is CCCCCCCCCC(=O)NC(CCC(=O)O)C(=O)O.[NaH]. The van der Waals surface area contributed by atoms with Gasteiger partial charge < -0.3 is 15.5 Å². The first kappa shape index (κ1) is 23.7. The Bertz CT molecular complexity index is 336. The average molecular weight is 325 g/mol. The zero-order valence-corrected chi connectivity index (χ0v) is 12.8. The van der Waals surface area contributed by atoms with Gasteiger partial charge in [-0.25, -0.2) is 4.79 Å². The van der Waals surface area contributed by atoms with Crippen molar-refractivity contribution in [1.82, 2.24) is 5.32 Å². The molecule has 0 bridgehead atoms. The molecule has 0 spiro atoms. The van der Waals surface area contributed by atoms with Crippen molar-refractivity contribution in [2.75, 3.05) is 0 Å². The number of aliphatic carboxylic acids is 2. The first-order valence-electron chi connectivity index (χ1n) is 7.71. The van der Waals surface area contributed by atoms with Crippen molar-refractivity contribution >= 4 is 47.4 Å². The van der Waals surface area contributed by atoms with Crippen LogP contribution in [0.15, 0.2) is 0 Å². The van der Waals surface area contributed by atoms with Gasteiger partial charge in [-0.15, -0.1) is 0 Å². The third-order valence-electron chi connectivity index (χ3n) is 3.29. The van der Waals surface area contributed by atoms with E-state index in [1.165, 1.54) is 25.7 Å². The van der Waals surface area contributed by atoms with Gasteiger partial charge in [0, 0.05) is 12.8 Å². The van der Waals surface area contributed by atoms with Crippen LogP contribution in [0.3, 0.4) is 0 Å². The Kier molecular flexibility index (Phi) is 16.5. The standard InChI is InChI=1S/C15H27NO5.Na.H/c1-2-3-4-5-6-7-8-9-13(17)16-12(15(20)21)10-11-14(18)19;;/h12H,2-11H2,1H3,(H,16,17)(H,18,19)(H,20,21);;. The second kappa shape index (κ2) is 15.3. The van der Waals surface area contributed by atoms with E-state index in [0.717, 1.165) is 19.3 Å². The van der Waals surface area contributed by atoms with Crippen molar-refractivity contribution in [1.29, 1.82) is 0 Å². The Balaban J connectivity index is 0. The second-order valence-corrected chi connectivity index (χ2v) is 5.26. The topological polar surface area (TPSA) is 104 Å². The van der Waals surface area contributed by atoms with Gasteiger partial charge in [0.05, 0.1) is 0 Å². The Hall–Kier alpha value is -0.590. The van der Waals surface area contributed by atoms with Crippen LogP contribution in [0.5, 0.6) is 0 Å². The maximum absolute atomic E-state index is 11.6. The van der Waals surface area contributed by atoms with E-state index < -0.39 is 18.0 Å². The molecule has 3 N–H and O–H groups in total. The number of carboxylic acid groups (broad SMARTS) is 2. The van der Waals surface area contributed by atoms with Crippen LogP contribution in [0.2, 0.25) is 0 Å². The fourth-order valence-corrected chi connectivity index (χ4v) is 2.03. The van der Waals surface area contributed by atoms with Crippen molar-refractivity contribution in [2.45, 2.75) is 77.2 Å². The molecule has 0 saturated heterocycles. The van der Waals surface area contributed by atoms with Crippen LogP contribution < -0.4 is 5.32 Å². The van der Waals surface area contributed by atoms with Gasteiger partial charge in [0.2, 0.25) is 5.91 Å². The molecule has 0 radical (unpaired) electrons. The minimum absolute atomic E-state index is 0. The van der Waals surface area contributed by atoms with E-state index >= 15 is 0 Å². The zero-order chi connectivity index (χ0) is 16.1. The molecule has 7 heteroatoms. The molecule has 22 heavy (non-hydrogen) atoms. The van der Waals surface area contributed by atoms with Gasteiger partial charge in [-0.05, 0) is 12.8 Å². The molecule has 0 aromatic heterocycles. The summed E-state index contributed by atoms with van der Waals surface area (Å²) in [6, 6.07) is -1.11. The minimum atomic E-state index is -1.19. The maximum atomic E-state index is 11.6. The van der Waals surface area contributed by atoms with E-state index in [-0.39, 0.29) is 48.3 Å². The molecule has 6 nitrogen and oxygen atoms in total. The van der Waals surface area contributed by atoms with Crippen molar-refractivity contribution in [2.24, 2.45) is 0 Å². The van der Waals surface area contributed by atoms with Gasteiger partial charge >= 0.3 is 41.5 Å². The Morgan fingerprint density at radius 3 is 1.95 bits per heavy atom. The normalized spacial score (nSPS) is 11.3. The van der Waals surface area contributed by atoms with Crippen LogP contribution in [0, 0.1) is 0 Å². The number of unbranched alkanes of at least 4 members (excludes halogenated alkanes) is 6. The summed E-state index contributed by atoms with van der Waals surface area (Å²) in [6.07, 6.45) is 7.57. The molecule has 0 aliphatic rings. The van der Waals surface area contributed by atoms with Crippen LogP contribution in [-0.2, 0) is 14.4 Å². The van der Waals surface area contributed by atoms with E-state index in [9.17, 15) is 14.4 Å². The van der Waals surface area contributed by atoms with E-state index in [0.29, 0.717) is 6.42 Å². The van der Waals surface area contributed by atoms with Gasteiger partial charge in [0.1, 0.15) is 6.04 Å². The van der Waals surface area contributed by atoms with Crippen molar-refractivity contribution < 1.29 is 24.6 Å². The number of hydrogen-bond donors (Lipinski definition) is 3. The molecule has 0 saturated carbocycles. The first-order valence-corrected chi connectivity index (χ1v) is 7.71. The van der Waals surface area contributed by atoms with Gasteiger partial charge in [-0.2, -0.15) is 0 Å². The summed E-state index contributed by atoms with van der Waals surface area (Å²) < 4.78 is 0. The Morgan fingerprint density at radius 1 is 0.909 bits per heavy atom. The third kappa shape index (κ3) is 14.4. The quantitative estimate of drug-likeness (QED) is 0.354. The fraction of sp³-hybridized carbons (Fsp3) is 0.800. The predicted molar refractivity (Wildman–Crippen MR) is 86.2 cm³/mol. The average Bonchev–Trinajstić information content (AvgIpc) is 2.41. The Morgan fingerprint density at radius 2 is 1.45 bits per heavy atom. The van der Waals surface area contributed by atoms with Crippen LogP contribution in [0.25, 0.3) is 0 Å². The van der Waals surface area contributed by atoms with E-state index in [1.807, 2.05) is 0 Å². The molecule has 1 atom stereocenters. The number of nitrogens with one attached hydrogen (secondary N) is 1. The number of carbonyl (C=O) groups is 3. The van der Waals surface area contributed by atoms with Gasteiger partial charge in [0.25, 0.3) is 0 Å². The summed E-state index contributed by atoms with van der Waals surface area (Å²) in [6.45, 7) is 2.16. The molecule has 0 heterocycles. The number of amides is 1. The van der Waals surface area contributed by atoms with E-state index in [4.69, 9.17) is 10.2 Å². The molecule has 1 unspecified atom stereocenters. The van der Waals surface area contributed by atoms with Gasteiger partial charge in [0.15, 0.2) is 0 Å². The number of carbonyl (C=O) groups excluding carboxylic acids is 1. The molecule has 0 aromatic rings. The van der Waals surface area contributed by atoms with Crippen molar-refractivity contribution in [3.8, 4) is 0 Å². The fourth-order valence-electron chi connectivity index (χ4n) is 2.03. The summed E-state index contributed by atoms with van der Waals surface area (Å²) in [4.78, 5) is 33.0. The molecule has 0 aromatic carbocycles. The summed E-state index contributed by atoms with van der Waals surface area (Å²) in [5.74, 6) is -2.58. The number of rotatable bonds is 13. The molecule has 124 valence electrons. The summed E-state index contributed by atoms with van der Waals surface area (Å²) >= 11 is 0. The third-order valence-corrected chi connectivity index (χ3v) is 3.29. The van der Waals surface area contributed by atoms with E-state index in [2.05, 4.69) is 12.2 Å².